The summed E-state index contributed by atoms with van der Waals surface area (Å²) in [6.45, 7) is 4.78. The summed E-state index contributed by atoms with van der Waals surface area (Å²) >= 11 is 0. The molecule has 2 aliphatic rings. The number of hydrogen-bond donors (Lipinski definition) is 3. The van der Waals surface area contributed by atoms with Gasteiger partial charge in [-0.2, -0.15) is 0 Å². The molecule has 7 heteroatoms. The second-order valence-electron chi connectivity index (χ2n) is 7.24. The summed E-state index contributed by atoms with van der Waals surface area (Å²) in [6.07, 6.45) is 5.91. The van der Waals surface area contributed by atoms with Crippen LogP contribution in [-0.4, -0.2) is 67.8 Å². The minimum atomic E-state index is 0. The van der Waals surface area contributed by atoms with Crippen LogP contribution in [0.2, 0.25) is 0 Å². The molecule has 6 nitrogen and oxygen atoms in total. The van der Waals surface area contributed by atoms with E-state index in [1.54, 1.807) is 0 Å². The predicted molar refractivity (Wildman–Crippen MR) is 121 cm³/mol. The van der Waals surface area contributed by atoms with Crippen LogP contribution in [0.5, 0.6) is 0 Å². The third kappa shape index (κ3) is 4.94. The van der Waals surface area contributed by atoms with Gasteiger partial charge in [0.1, 0.15) is 0 Å². The van der Waals surface area contributed by atoms with Crippen molar-refractivity contribution in [2.24, 2.45) is 4.99 Å². The highest BCUT2D eigenvalue weighted by Gasteiger charge is 2.32. The van der Waals surface area contributed by atoms with Crippen LogP contribution in [0.1, 0.15) is 18.4 Å². The van der Waals surface area contributed by atoms with Crippen LogP contribution in [0.4, 0.5) is 0 Å². The Morgan fingerprint density at radius 1 is 1.33 bits per heavy atom. The standard InChI is InChI=1S/C20H29N5O.HI/c1-21-20(24-12-17-13-25-10-4-5-16(25)14-26-17)22-9-8-15-11-23-19-7-3-2-6-18(15)19;/h2-3,6-7,11,16-17,23H,4-5,8-10,12-14H2,1H3,(H2,21,22,24);1H. The fourth-order valence-corrected chi connectivity index (χ4v) is 4.09. The number of halogens is 1. The highest BCUT2D eigenvalue weighted by molar-refractivity contribution is 14.0. The molecule has 0 radical (unpaired) electrons. The summed E-state index contributed by atoms with van der Waals surface area (Å²) in [6, 6.07) is 9.08. The number of para-hydroxylation sites is 1. The molecule has 2 fully saturated rings. The monoisotopic (exact) mass is 483 g/mol. The summed E-state index contributed by atoms with van der Waals surface area (Å²) in [5, 5.41) is 8.13. The van der Waals surface area contributed by atoms with Crippen molar-refractivity contribution < 1.29 is 4.74 Å². The Morgan fingerprint density at radius 2 is 2.22 bits per heavy atom. The minimum Gasteiger partial charge on any atom is -0.373 e. The molecule has 2 aromatic rings. The Labute approximate surface area is 178 Å². The lowest BCUT2D eigenvalue weighted by Crippen LogP contribution is -2.51. The van der Waals surface area contributed by atoms with Crippen molar-refractivity contribution in [2.75, 3.05) is 39.8 Å². The zero-order valence-electron chi connectivity index (χ0n) is 15.9. The fourth-order valence-electron chi connectivity index (χ4n) is 4.09. The number of nitrogens with zero attached hydrogens (tertiary/aromatic N) is 2. The molecule has 0 aliphatic carbocycles. The van der Waals surface area contributed by atoms with Crippen molar-refractivity contribution in [2.45, 2.75) is 31.4 Å². The predicted octanol–water partition coefficient (Wildman–Crippen LogP) is 2.36. The number of hydrogen-bond acceptors (Lipinski definition) is 3. The smallest absolute Gasteiger partial charge is 0.191 e. The molecule has 148 valence electrons. The molecule has 1 aromatic heterocycles. The number of guanidine groups is 1. The molecular formula is C20H30IN5O. The van der Waals surface area contributed by atoms with Gasteiger partial charge in [-0.3, -0.25) is 9.89 Å². The average Bonchev–Trinajstić information content (AvgIpc) is 3.31. The second kappa shape index (κ2) is 9.75. The lowest BCUT2D eigenvalue weighted by molar-refractivity contribution is -0.0453. The van der Waals surface area contributed by atoms with E-state index in [1.165, 1.54) is 35.9 Å². The molecule has 0 bridgehead atoms. The Bertz CT molecular complexity index is 762. The van der Waals surface area contributed by atoms with Gasteiger partial charge in [0.2, 0.25) is 0 Å². The van der Waals surface area contributed by atoms with Crippen LogP contribution < -0.4 is 10.6 Å². The van der Waals surface area contributed by atoms with Gasteiger partial charge in [-0.25, -0.2) is 0 Å². The highest BCUT2D eigenvalue weighted by Crippen LogP contribution is 2.22. The van der Waals surface area contributed by atoms with Gasteiger partial charge in [0.05, 0.1) is 12.7 Å². The number of morpholine rings is 1. The van der Waals surface area contributed by atoms with Crippen molar-refractivity contribution >= 4 is 40.8 Å². The number of nitrogens with one attached hydrogen (secondary N) is 3. The SMILES string of the molecule is CN=C(NCCc1c[nH]c2ccccc12)NCC1CN2CCCC2CO1.I. The zero-order valence-corrected chi connectivity index (χ0v) is 18.2. The Hall–Kier alpha value is -1.32. The Balaban J connectivity index is 0.00000210. The number of aliphatic imine (C=N–C) groups is 1. The van der Waals surface area contributed by atoms with Crippen LogP contribution in [0, 0.1) is 0 Å². The third-order valence-electron chi connectivity index (χ3n) is 5.54. The lowest BCUT2D eigenvalue weighted by atomic mass is 10.1. The molecule has 2 unspecified atom stereocenters. The summed E-state index contributed by atoms with van der Waals surface area (Å²) in [5.41, 5.74) is 2.53. The number of aromatic nitrogens is 1. The van der Waals surface area contributed by atoms with E-state index in [2.05, 4.69) is 56.0 Å². The van der Waals surface area contributed by atoms with Crippen molar-refractivity contribution in [3.05, 3.63) is 36.0 Å². The number of benzene rings is 1. The molecule has 2 aliphatic heterocycles. The van der Waals surface area contributed by atoms with E-state index in [0.29, 0.717) is 6.04 Å². The van der Waals surface area contributed by atoms with Crippen molar-refractivity contribution in [1.82, 2.24) is 20.5 Å². The van der Waals surface area contributed by atoms with Gasteiger partial charge in [-0.05, 0) is 37.4 Å². The van der Waals surface area contributed by atoms with Gasteiger partial charge in [-0.15, -0.1) is 24.0 Å². The van der Waals surface area contributed by atoms with Crippen molar-refractivity contribution in [3.8, 4) is 0 Å². The fraction of sp³-hybridized carbons (Fsp3) is 0.550. The van der Waals surface area contributed by atoms with E-state index in [9.17, 15) is 0 Å². The number of ether oxygens (including phenoxy) is 1. The molecule has 1 aromatic carbocycles. The summed E-state index contributed by atoms with van der Waals surface area (Å²) < 4.78 is 6.01. The molecule has 0 amide bonds. The quantitative estimate of drug-likeness (QED) is 0.347. The zero-order chi connectivity index (χ0) is 17.8. The van der Waals surface area contributed by atoms with E-state index >= 15 is 0 Å². The second-order valence-corrected chi connectivity index (χ2v) is 7.24. The summed E-state index contributed by atoms with van der Waals surface area (Å²) in [7, 11) is 1.82. The number of fused-ring (bicyclic) bond motifs is 2. The van der Waals surface area contributed by atoms with E-state index < -0.39 is 0 Å². The lowest BCUT2D eigenvalue weighted by Gasteiger charge is -2.35. The first kappa shape index (κ1) is 20.4. The topological polar surface area (TPSA) is 64.7 Å². The Morgan fingerprint density at radius 3 is 3.11 bits per heavy atom. The molecule has 27 heavy (non-hydrogen) atoms. The van der Waals surface area contributed by atoms with Gasteiger partial charge >= 0.3 is 0 Å². The molecule has 3 heterocycles. The largest absolute Gasteiger partial charge is 0.373 e. The third-order valence-corrected chi connectivity index (χ3v) is 5.54. The summed E-state index contributed by atoms with van der Waals surface area (Å²) in [4.78, 5) is 10.2. The van der Waals surface area contributed by atoms with Crippen molar-refractivity contribution in [3.63, 3.8) is 0 Å². The molecule has 4 rings (SSSR count). The Kier molecular flexibility index (Phi) is 7.37. The van der Waals surface area contributed by atoms with Crippen LogP contribution in [0.15, 0.2) is 35.5 Å². The minimum absolute atomic E-state index is 0. The van der Waals surface area contributed by atoms with E-state index in [4.69, 9.17) is 4.74 Å². The maximum absolute atomic E-state index is 6.01. The van der Waals surface area contributed by atoms with Crippen molar-refractivity contribution in [1.29, 1.82) is 0 Å². The van der Waals surface area contributed by atoms with Crippen LogP contribution in [0.3, 0.4) is 0 Å². The normalized spacial score (nSPS) is 23.1. The molecule has 3 N–H and O–H groups in total. The molecular weight excluding hydrogens is 453 g/mol. The van der Waals surface area contributed by atoms with Gasteiger partial charge < -0.3 is 20.4 Å². The molecule has 2 atom stereocenters. The van der Waals surface area contributed by atoms with E-state index in [-0.39, 0.29) is 30.1 Å². The number of rotatable bonds is 5. The maximum atomic E-state index is 6.01. The molecule has 2 saturated heterocycles. The van der Waals surface area contributed by atoms with Crippen LogP contribution >= 0.6 is 24.0 Å². The van der Waals surface area contributed by atoms with E-state index in [1.807, 2.05) is 7.05 Å². The first-order valence-corrected chi connectivity index (χ1v) is 9.68. The molecule has 0 saturated carbocycles. The first-order chi connectivity index (χ1) is 12.8. The first-order valence-electron chi connectivity index (χ1n) is 9.68. The van der Waals surface area contributed by atoms with Gasteiger partial charge in [0.25, 0.3) is 0 Å². The van der Waals surface area contributed by atoms with Gasteiger partial charge in [-0.1, -0.05) is 18.2 Å². The summed E-state index contributed by atoms with van der Waals surface area (Å²) in [5.74, 6) is 0.844. The van der Waals surface area contributed by atoms with Crippen LogP contribution in [-0.2, 0) is 11.2 Å². The van der Waals surface area contributed by atoms with Gasteiger partial charge in [0.15, 0.2) is 5.96 Å². The van der Waals surface area contributed by atoms with Crippen LogP contribution in [0.25, 0.3) is 10.9 Å². The van der Waals surface area contributed by atoms with E-state index in [0.717, 1.165) is 38.6 Å². The number of H-pyrrole nitrogens is 1. The average molecular weight is 483 g/mol. The highest BCUT2D eigenvalue weighted by atomic mass is 127. The molecule has 0 spiro atoms. The van der Waals surface area contributed by atoms with Gasteiger partial charge in [0, 0.05) is 49.8 Å². The number of aromatic amines is 1. The maximum Gasteiger partial charge on any atom is 0.191 e.